The summed E-state index contributed by atoms with van der Waals surface area (Å²) in [6.45, 7) is 0. The lowest BCUT2D eigenvalue weighted by Gasteiger charge is -2.24. The van der Waals surface area contributed by atoms with Crippen molar-refractivity contribution in [1.82, 2.24) is 0 Å². The number of hydrogen-bond acceptors (Lipinski definition) is 4. The van der Waals surface area contributed by atoms with Crippen LogP contribution in [-0.2, 0) is 13.3 Å². The van der Waals surface area contributed by atoms with E-state index >= 15 is 0 Å². The van der Waals surface area contributed by atoms with E-state index in [9.17, 15) is 0 Å². The molecule has 0 bridgehead atoms. The van der Waals surface area contributed by atoms with Gasteiger partial charge in [-0.15, -0.1) is 0 Å². The summed E-state index contributed by atoms with van der Waals surface area (Å²) >= 11 is 4.28. The van der Waals surface area contributed by atoms with E-state index in [4.69, 9.17) is 13.3 Å². The molecule has 0 rings (SSSR count). The number of hydrogen-bond donors (Lipinski definition) is 1. The summed E-state index contributed by atoms with van der Waals surface area (Å²) in [4.78, 5) is 0. The number of rotatable bonds is 34. The molecule has 0 N–H and O–H groups in total. The molecule has 3 nitrogen and oxygen atoms in total. The minimum Gasteiger partial charge on any atom is -0.377 e. The Morgan fingerprint density at radius 3 is 0.667 bits per heavy atom. The Balaban J connectivity index is 3.12. The zero-order valence-corrected chi connectivity index (χ0v) is 29.0. The van der Waals surface area contributed by atoms with E-state index in [-0.39, 0.29) is 0 Å². The Kier molecular flexibility index (Phi) is 33.3. The molecule has 0 aliphatic carbocycles. The second-order valence-corrected chi connectivity index (χ2v) is 15.6. The largest absolute Gasteiger partial charge is 0.500 e. The molecule has 5 heteroatoms. The lowest BCUT2D eigenvalue weighted by molar-refractivity contribution is 0.122. The Morgan fingerprint density at radius 2 is 0.487 bits per heavy atom. The minimum absolute atomic E-state index is 0.939. The molecule has 0 unspecified atom stereocenters. The summed E-state index contributed by atoms with van der Waals surface area (Å²) in [7, 11) is 2.78. The molecular weight excluding hydrogens is 517 g/mol. The highest BCUT2D eigenvalue weighted by molar-refractivity contribution is 7.80. The van der Waals surface area contributed by atoms with E-state index in [0.29, 0.717) is 0 Å². The van der Waals surface area contributed by atoms with Crippen LogP contribution in [0.25, 0.3) is 0 Å². The average Bonchev–Trinajstić information content (AvgIpc) is 2.96. The first kappa shape index (κ1) is 39.4. The molecule has 0 heterocycles. The third-order valence-electron chi connectivity index (χ3n) is 8.57. The molecule has 0 aromatic carbocycles. The predicted molar refractivity (Wildman–Crippen MR) is 179 cm³/mol. The van der Waals surface area contributed by atoms with Gasteiger partial charge >= 0.3 is 8.80 Å². The minimum atomic E-state index is -2.34. The van der Waals surface area contributed by atoms with Crippen LogP contribution < -0.4 is 0 Å². The van der Waals surface area contributed by atoms with E-state index < -0.39 is 8.80 Å². The molecule has 0 spiro atoms. The molecule has 0 amide bonds. The molecule has 39 heavy (non-hydrogen) atoms. The van der Waals surface area contributed by atoms with Crippen LogP contribution in [0.2, 0.25) is 6.04 Å². The van der Waals surface area contributed by atoms with Gasteiger partial charge in [-0.3, -0.25) is 0 Å². The van der Waals surface area contributed by atoms with E-state index in [1.165, 1.54) is 180 Å². The maximum absolute atomic E-state index is 5.49. The topological polar surface area (TPSA) is 27.7 Å². The van der Waals surface area contributed by atoms with E-state index in [0.717, 1.165) is 18.2 Å². The van der Waals surface area contributed by atoms with E-state index in [1.807, 2.05) is 0 Å². The molecule has 0 saturated carbocycles. The molecule has 0 aromatic rings. The SMILES string of the molecule is CO[Si](CCCCCCCCCCCCCCCCCCCCCCCCCCCCCCCS)(OC)OC. The van der Waals surface area contributed by atoms with Crippen LogP contribution in [0.1, 0.15) is 186 Å². The smallest absolute Gasteiger partial charge is 0.377 e. The second-order valence-electron chi connectivity index (χ2n) is 12.0. The van der Waals surface area contributed by atoms with Crippen LogP contribution in [0.5, 0.6) is 0 Å². The normalized spacial score (nSPS) is 12.0. The highest BCUT2D eigenvalue weighted by Crippen LogP contribution is 2.19. The Labute approximate surface area is 253 Å². The van der Waals surface area contributed by atoms with E-state index in [1.54, 1.807) is 21.3 Å². The summed E-state index contributed by atoms with van der Waals surface area (Å²) in [6.07, 6.45) is 41.4. The lowest BCUT2D eigenvalue weighted by Crippen LogP contribution is -2.42. The van der Waals surface area contributed by atoms with Gasteiger partial charge in [0, 0.05) is 27.4 Å². The fraction of sp³-hybridized carbons (Fsp3) is 1.00. The number of unbranched alkanes of at least 4 members (excludes halogenated alkanes) is 28. The van der Waals surface area contributed by atoms with Gasteiger partial charge in [-0.25, -0.2) is 0 Å². The monoisotopic (exact) mass is 588 g/mol. The van der Waals surface area contributed by atoms with Gasteiger partial charge in [-0.2, -0.15) is 12.6 Å². The number of thiol groups is 1. The van der Waals surface area contributed by atoms with Gasteiger partial charge in [-0.05, 0) is 18.6 Å². The summed E-state index contributed by atoms with van der Waals surface area (Å²) < 4.78 is 16.5. The van der Waals surface area contributed by atoms with Crippen LogP contribution in [0.4, 0.5) is 0 Å². The average molecular weight is 589 g/mol. The third kappa shape index (κ3) is 28.3. The van der Waals surface area contributed by atoms with Crippen molar-refractivity contribution in [2.24, 2.45) is 0 Å². The summed E-state index contributed by atoms with van der Waals surface area (Å²) in [6, 6.07) is 0.939. The van der Waals surface area contributed by atoms with E-state index in [2.05, 4.69) is 12.6 Å². The molecule has 0 aliphatic heterocycles. The van der Waals surface area contributed by atoms with Crippen LogP contribution >= 0.6 is 12.6 Å². The van der Waals surface area contributed by atoms with Crippen LogP contribution in [-0.4, -0.2) is 35.9 Å². The first-order chi connectivity index (χ1) is 19.2. The summed E-state index contributed by atoms with van der Waals surface area (Å²) in [5.74, 6) is 1.06. The van der Waals surface area contributed by atoms with Gasteiger partial charge in [0.25, 0.3) is 0 Å². The van der Waals surface area contributed by atoms with Crippen LogP contribution in [0, 0.1) is 0 Å². The fourth-order valence-electron chi connectivity index (χ4n) is 5.78. The maximum Gasteiger partial charge on any atom is 0.500 e. The second kappa shape index (κ2) is 33.0. The molecule has 0 saturated heterocycles. The van der Waals surface area contributed by atoms with Crippen molar-refractivity contribution < 1.29 is 13.3 Å². The van der Waals surface area contributed by atoms with Gasteiger partial charge in [0.05, 0.1) is 0 Å². The van der Waals surface area contributed by atoms with Gasteiger partial charge in [0.2, 0.25) is 0 Å². The molecule has 0 aliphatic rings. The van der Waals surface area contributed by atoms with Crippen molar-refractivity contribution in [3.8, 4) is 0 Å². The van der Waals surface area contributed by atoms with Crippen molar-refractivity contribution in [1.29, 1.82) is 0 Å². The quantitative estimate of drug-likeness (QED) is 0.0460. The zero-order valence-electron chi connectivity index (χ0n) is 27.1. The molecular formula is C34H72O3SSi. The van der Waals surface area contributed by atoms with Crippen molar-refractivity contribution >= 4 is 21.4 Å². The maximum atomic E-state index is 5.49. The Bertz CT molecular complexity index is 440. The summed E-state index contributed by atoms with van der Waals surface area (Å²) in [5, 5.41) is 0. The first-order valence-electron chi connectivity index (χ1n) is 17.5. The van der Waals surface area contributed by atoms with Gasteiger partial charge in [0.15, 0.2) is 0 Å². The Hall–Kier alpha value is 0.447. The van der Waals surface area contributed by atoms with Gasteiger partial charge < -0.3 is 13.3 Å². The van der Waals surface area contributed by atoms with Crippen molar-refractivity contribution in [3.63, 3.8) is 0 Å². The van der Waals surface area contributed by atoms with Crippen molar-refractivity contribution in [2.45, 2.75) is 192 Å². The standard InChI is InChI=1S/C34H72O3SSi/c1-35-39(36-2,37-3)34-32-30-28-26-24-22-20-18-16-14-12-10-8-6-4-5-7-9-11-13-15-17-19-21-23-25-27-29-31-33-38/h38H,4-34H2,1-3H3. The molecule has 0 fully saturated rings. The predicted octanol–water partition coefficient (Wildman–Crippen LogP) is 12.1. The first-order valence-corrected chi connectivity index (χ1v) is 20.1. The highest BCUT2D eigenvalue weighted by Gasteiger charge is 2.36. The van der Waals surface area contributed by atoms with Gasteiger partial charge in [0.1, 0.15) is 0 Å². The third-order valence-corrected chi connectivity index (χ3v) is 11.7. The van der Waals surface area contributed by atoms with Crippen molar-refractivity contribution in [3.05, 3.63) is 0 Å². The highest BCUT2D eigenvalue weighted by atomic mass is 32.1. The lowest BCUT2D eigenvalue weighted by atomic mass is 10.0. The Morgan fingerprint density at radius 1 is 0.308 bits per heavy atom. The van der Waals surface area contributed by atoms with Crippen LogP contribution in [0.3, 0.4) is 0 Å². The molecule has 236 valence electrons. The van der Waals surface area contributed by atoms with Crippen LogP contribution in [0.15, 0.2) is 0 Å². The van der Waals surface area contributed by atoms with Gasteiger partial charge in [-0.1, -0.05) is 173 Å². The molecule has 0 aromatic heterocycles. The fourth-order valence-corrected chi connectivity index (χ4v) is 7.80. The summed E-state index contributed by atoms with van der Waals surface area (Å²) in [5.41, 5.74) is 0. The molecule has 0 atom stereocenters. The zero-order chi connectivity index (χ0) is 28.5. The molecule has 0 radical (unpaired) electrons. The van der Waals surface area contributed by atoms with Crippen molar-refractivity contribution in [2.75, 3.05) is 27.1 Å².